The van der Waals surface area contributed by atoms with Crippen LogP contribution in [0.5, 0.6) is 0 Å². The molecule has 0 unspecified atom stereocenters. The van der Waals surface area contributed by atoms with Crippen molar-refractivity contribution in [3.8, 4) is 0 Å². The predicted octanol–water partition coefficient (Wildman–Crippen LogP) is 2.19. The van der Waals surface area contributed by atoms with E-state index >= 15 is 0 Å². The largest absolute Gasteiger partial charge is 0.326 e. The van der Waals surface area contributed by atoms with Crippen LogP contribution in [0.4, 0.5) is 5.69 Å². The molecule has 0 heterocycles. The van der Waals surface area contributed by atoms with E-state index in [9.17, 15) is 14.4 Å². The molecule has 0 bridgehead atoms. The minimum Gasteiger partial charge on any atom is -0.326 e. The molecule has 0 aromatic heterocycles. The van der Waals surface area contributed by atoms with Gasteiger partial charge in [-0.25, -0.2) is 0 Å². The summed E-state index contributed by atoms with van der Waals surface area (Å²) in [5, 5.41) is 5.68. The van der Waals surface area contributed by atoms with Crippen LogP contribution in [-0.4, -0.2) is 22.8 Å². The molecule has 0 saturated carbocycles. The number of carbonyl (C=O) groups excluding carboxylic acids is 3. The molecule has 0 atom stereocenters. The van der Waals surface area contributed by atoms with Crippen molar-refractivity contribution in [2.75, 3.05) is 5.32 Å². The summed E-state index contributed by atoms with van der Waals surface area (Å²) < 4.78 is 0. The molecule has 0 saturated heterocycles. The molecule has 9 heteroatoms. The van der Waals surface area contributed by atoms with Gasteiger partial charge in [-0.1, -0.05) is 24.6 Å². The van der Waals surface area contributed by atoms with E-state index in [0.29, 0.717) is 23.6 Å². The Balaban J connectivity index is 2.31. The molecule has 25 heavy (non-hydrogen) atoms. The Labute approximate surface area is 156 Å². The second-order valence-corrected chi connectivity index (χ2v) is 6.08. The molecular formula is C16H21ClN4O3S. The molecule has 0 aliphatic rings. The van der Waals surface area contributed by atoms with Gasteiger partial charge in [-0.3, -0.25) is 25.2 Å². The van der Waals surface area contributed by atoms with Crippen molar-refractivity contribution in [1.82, 2.24) is 16.2 Å². The topological polar surface area (TPSA) is 99.3 Å². The lowest BCUT2D eigenvalue weighted by molar-refractivity contribution is -0.124. The number of benzene rings is 1. The molecule has 1 aromatic rings. The SMILES string of the molecule is CCCC(=O)NC(=S)NNC(=O)CCC(=O)Nc1cccc(Cl)c1C. The second-order valence-electron chi connectivity index (χ2n) is 5.26. The van der Waals surface area contributed by atoms with Crippen LogP contribution < -0.4 is 21.5 Å². The van der Waals surface area contributed by atoms with E-state index in [1.165, 1.54) is 0 Å². The first-order chi connectivity index (χ1) is 11.8. The average Bonchev–Trinajstić information content (AvgIpc) is 2.55. The van der Waals surface area contributed by atoms with Crippen molar-refractivity contribution in [2.24, 2.45) is 0 Å². The van der Waals surface area contributed by atoms with E-state index in [-0.39, 0.29) is 29.8 Å². The summed E-state index contributed by atoms with van der Waals surface area (Å²) in [5.41, 5.74) is 6.10. The van der Waals surface area contributed by atoms with E-state index in [1.54, 1.807) is 25.1 Å². The van der Waals surface area contributed by atoms with Crippen LogP contribution in [0, 0.1) is 6.92 Å². The Hall–Kier alpha value is -2.19. The minimum absolute atomic E-state index is 0.00537. The number of carbonyl (C=O) groups is 3. The smallest absolute Gasteiger partial charge is 0.238 e. The van der Waals surface area contributed by atoms with E-state index in [0.717, 1.165) is 5.56 Å². The van der Waals surface area contributed by atoms with Gasteiger partial charge in [-0.15, -0.1) is 0 Å². The van der Waals surface area contributed by atoms with Crippen LogP contribution >= 0.6 is 23.8 Å². The van der Waals surface area contributed by atoms with E-state index < -0.39 is 5.91 Å². The summed E-state index contributed by atoms with van der Waals surface area (Å²) in [7, 11) is 0. The molecular weight excluding hydrogens is 364 g/mol. The molecule has 136 valence electrons. The number of halogens is 1. The number of anilines is 1. The predicted molar refractivity (Wildman–Crippen MR) is 101 cm³/mol. The lowest BCUT2D eigenvalue weighted by atomic mass is 10.2. The van der Waals surface area contributed by atoms with Crippen LogP contribution in [0.15, 0.2) is 18.2 Å². The van der Waals surface area contributed by atoms with Crippen molar-refractivity contribution in [3.63, 3.8) is 0 Å². The number of hydrogen-bond acceptors (Lipinski definition) is 4. The van der Waals surface area contributed by atoms with E-state index in [2.05, 4.69) is 21.5 Å². The fraction of sp³-hybridized carbons (Fsp3) is 0.375. The van der Waals surface area contributed by atoms with E-state index in [1.807, 2.05) is 6.92 Å². The van der Waals surface area contributed by atoms with Gasteiger partial charge >= 0.3 is 0 Å². The van der Waals surface area contributed by atoms with Crippen LogP contribution in [0.25, 0.3) is 0 Å². The molecule has 0 aliphatic carbocycles. The minimum atomic E-state index is -0.426. The first-order valence-electron chi connectivity index (χ1n) is 7.77. The summed E-state index contributed by atoms with van der Waals surface area (Å²) in [6, 6.07) is 5.20. The molecule has 1 rings (SSSR count). The number of amides is 3. The Morgan fingerprint density at radius 1 is 1.04 bits per heavy atom. The molecule has 0 radical (unpaired) electrons. The third-order valence-corrected chi connectivity index (χ3v) is 3.78. The van der Waals surface area contributed by atoms with Gasteiger partial charge < -0.3 is 10.6 Å². The summed E-state index contributed by atoms with van der Waals surface area (Å²) in [4.78, 5) is 34.9. The fourth-order valence-electron chi connectivity index (χ4n) is 1.82. The lowest BCUT2D eigenvalue weighted by Crippen LogP contribution is -2.48. The quantitative estimate of drug-likeness (QED) is 0.445. The van der Waals surface area contributed by atoms with E-state index in [4.69, 9.17) is 23.8 Å². The zero-order valence-electron chi connectivity index (χ0n) is 14.1. The van der Waals surface area contributed by atoms with Gasteiger partial charge in [0.1, 0.15) is 0 Å². The summed E-state index contributed by atoms with van der Waals surface area (Å²) in [6.07, 6.45) is 0.999. The number of rotatable bonds is 6. The van der Waals surface area contributed by atoms with Crippen LogP contribution in [0.3, 0.4) is 0 Å². The average molecular weight is 385 g/mol. The maximum atomic E-state index is 11.9. The second kappa shape index (κ2) is 10.6. The summed E-state index contributed by atoms with van der Waals surface area (Å²) in [6.45, 7) is 3.66. The van der Waals surface area contributed by atoms with Gasteiger partial charge in [0.2, 0.25) is 17.7 Å². The molecule has 7 nitrogen and oxygen atoms in total. The number of hydrazine groups is 1. The first-order valence-corrected chi connectivity index (χ1v) is 8.55. The zero-order valence-corrected chi connectivity index (χ0v) is 15.6. The van der Waals surface area contributed by atoms with Crippen LogP contribution in [0.2, 0.25) is 5.02 Å². The third kappa shape index (κ3) is 7.95. The van der Waals surface area contributed by atoms with Crippen LogP contribution in [0.1, 0.15) is 38.2 Å². The Morgan fingerprint density at radius 3 is 2.40 bits per heavy atom. The highest BCUT2D eigenvalue weighted by Gasteiger charge is 2.10. The highest BCUT2D eigenvalue weighted by atomic mass is 35.5. The number of hydrogen-bond donors (Lipinski definition) is 4. The number of thiocarbonyl (C=S) groups is 1. The highest BCUT2D eigenvalue weighted by molar-refractivity contribution is 7.80. The molecule has 4 N–H and O–H groups in total. The summed E-state index contributed by atoms with van der Waals surface area (Å²) in [5.74, 6) is -0.963. The van der Waals surface area contributed by atoms with Crippen LogP contribution in [-0.2, 0) is 14.4 Å². The molecule has 0 aliphatic heterocycles. The Morgan fingerprint density at radius 2 is 1.72 bits per heavy atom. The lowest BCUT2D eigenvalue weighted by Gasteiger charge is -2.11. The van der Waals surface area contributed by atoms with Gasteiger partial charge in [0.05, 0.1) is 0 Å². The number of nitrogens with one attached hydrogen (secondary N) is 4. The van der Waals surface area contributed by atoms with Gasteiger partial charge in [-0.2, -0.15) is 0 Å². The zero-order chi connectivity index (χ0) is 18.8. The maximum absolute atomic E-state index is 11.9. The Kier molecular flexibility index (Phi) is 8.87. The molecule has 1 aromatic carbocycles. The van der Waals surface area contributed by atoms with Crippen molar-refractivity contribution < 1.29 is 14.4 Å². The maximum Gasteiger partial charge on any atom is 0.238 e. The van der Waals surface area contributed by atoms with Crippen molar-refractivity contribution in [3.05, 3.63) is 28.8 Å². The normalized spacial score (nSPS) is 9.88. The molecule has 3 amide bonds. The van der Waals surface area contributed by atoms with Crippen molar-refractivity contribution in [1.29, 1.82) is 0 Å². The van der Waals surface area contributed by atoms with Gasteiger partial charge in [-0.05, 0) is 43.3 Å². The monoisotopic (exact) mass is 384 g/mol. The fourth-order valence-corrected chi connectivity index (χ4v) is 2.16. The molecule has 0 spiro atoms. The first kappa shape index (κ1) is 20.9. The van der Waals surface area contributed by atoms with Gasteiger partial charge in [0, 0.05) is 30.0 Å². The van der Waals surface area contributed by atoms with Crippen molar-refractivity contribution in [2.45, 2.75) is 39.5 Å². The molecule has 0 fully saturated rings. The summed E-state index contributed by atoms with van der Waals surface area (Å²) >= 11 is 10.8. The Bertz CT molecular complexity index is 667. The van der Waals surface area contributed by atoms with Gasteiger partial charge in [0.25, 0.3) is 0 Å². The highest BCUT2D eigenvalue weighted by Crippen LogP contribution is 2.22. The third-order valence-electron chi connectivity index (χ3n) is 3.17. The van der Waals surface area contributed by atoms with Gasteiger partial charge in [0.15, 0.2) is 5.11 Å². The standard InChI is InChI=1S/C16H21ClN4O3S/c1-3-5-13(22)19-16(25)21-20-15(24)9-8-14(23)18-12-7-4-6-11(17)10(12)2/h4,6-7H,3,5,8-9H2,1-2H3,(H,18,23)(H,20,24)(H2,19,21,22,25). The van der Waals surface area contributed by atoms with Crippen molar-refractivity contribution >= 4 is 52.3 Å².